The maximum Gasteiger partial charge on any atom is 0.371 e. The summed E-state index contributed by atoms with van der Waals surface area (Å²) in [6.07, 6.45) is 0. The van der Waals surface area contributed by atoms with Gasteiger partial charge in [-0.25, -0.2) is 13.2 Å². The maximum absolute atomic E-state index is 12.8. The molecule has 0 bridgehead atoms. The first-order valence-corrected chi connectivity index (χ1v) is 9.71. The molecule has 0 fully saturated rings. The van der Waals surface area contributed by atoms with Gasteiger partial charge in [-0.1, -0.05) is 35.4 Å². The third-order valence-electron chi connectivity index (χ3n) is 3.58. The summed E-state index contributed by atoms with van der Waals surface area (Å²) in [6.45, 7) is 5.19. The van der Waals surface area contributed by atoms with Crippen molar-refractivity contribution >= 4 is 38.1 Å². The lowest BCUT2D eigenvalue weighted by atomic mass is 10.2. The molecule has 0 amide bonds. The summed E-state index contributed by atoms with van der Waals surface area (Å²) in [5.41, 5.74) is 4.66. The lowest BCUT2D eigenvalue weighted by Crippen LogP contribution is -2.28. The van der Waals surface area contributed by atoms with E-state index >= 15 is 0 Å². The molecule has 0 spiro atoms. The Balaban J connectivity index is 2.47. The Morgan fingerprint density at radius 3 is 2.42 bits per heavy atom. The van der Waals surface area contributed by atoms with Gasteiger partial charge in [-0.15, -0.1) is 0 Å². The highest BCUT2D eigenvalue weighted by atomic mass is 35.5. The molecule has 2 aromatic carbocycles. The zero-order valence-electron chi connectivity index (χ0n) is 14.6. The first kappa shape index (κ1) is 19.9. The zero-order valence-corrected chi connectivity index (χ0v) is 16.2. The van der Waals surface area contributed by atoms with E-state index in [1.807, 2.05) is 6.92 Å². The van der Waals surface area contributed by atoms with Crippen LogP contribution in [0.2, 0.25) is 5.02 Å². The van der Waals surface area contributed by atoms with Gasteiger partial charge in [0.25, 0.3) is 5.04 Å². The molecular weight excluding hydrogens is 376 g/mol. The first-order valence-electron chi connectivity index (χ1n) is 7.85. The number of carbonyl (C=O) groups excluding carboxylic acids is 1. The molecule has 6 nitrogen and oxygen atoms in total. The van der Waals surface area contributed by atoms with E-state index in [1.165, 1.54) is 12.1 Å². The molecule has 0 saturated heterocycles. The van der Waals surface area contributed by atoms with Gasteiger partial charge in [-0.05, 0) is 50.6 Å². The molecule has 0 radical (unpaired) electrons. The molecular formula is C18H19ClN2O4S. The van der Waals surface area contributed by atoms with Crippen molar-refractivity contribution in [1.82, 2.24) is 0 Å². The van der Waals surface area contributed by atoms with Crippen LogP contribution in [0.1, 0.15) is 18.1 Å². The summed E-state index contributed by atoms with van der Waals surface area (Å²) in [4.78, 5) is 12.2. The van der Waals surface area contributed by atoms with Crippen LogP contribution in [0, 0.1) is 13.8 Å². The standard InChI is InChI=1S/C18H19ClN2O4S/c1-4-25-18(22)17(21-20-16-7-5-6-15(19)13(16)3)26(23,24)14-10-8-12(2)9-11-14/h5-11,20H,4H2,1-3H3/b21-17-. The van der Waals surface area contributed by atoms with Gasteiger partial charge < -0.3 is 4.74 Å². The molecule has 0 unspecified atom stereocenters. The van der Waals surface area contributed by atoms with E-state index in [-0.39, 0.29) is 11.5 Å². The molecule has 0 aliphatic heterocycles. The van der Waals surface area contributed by atoms with Gasteiger partial charge in [-0.2, -0.15) is 5.10 Å². The largest absolute Gasteiger partial charge is 0.461 e. The SMILES string of the molecule is CCOC(=O)/C(=N/Nc1cccc(Cl)c1C)S(=O)(=O)c1ccc(C)cc1. The van der Waals surface area contributed by atoms with Crippen molar-refractivity contribution < 1.29 is 17.9 Å². The summed E-state index contributed by atoms with van der Waals surface area (Å²) >= 11 is 6.04. The molecule has 0 saturated carbocycles. The van der Waals surface area contributed by atoms with Gasteiger partial charge in [0, 0.05) is 5.02 Å². The Bertz CT molecular complexity index is 938. The van der Waals surface area contributed by atoms with Gasteiger partial charge in [0.1, 0.15) is 0 Å². The normalized spacial score (nSPS) is 11.9. The number of hydrazone groups is 1. The lowest BCUT2D eigenvalue weighted by Gasteiger charge is -2.10. The summed E-state index contributed by atoms with van der Waals surface area (Å²) in [7, 11) is -4.15. The van der Waals surface area contributed by atoms with E-state index in [2.05, 4.69) is 10.5 Å². The van der Waals surface area contributed by atoms with Crippen LogP contribution < -0.4 is 5.43 Å². The van der Waals surface area contributed by atoms with Gasteiger partial charge >= 0.3 is 5.97 Å². The minimum absolute atomic E-state index is 0.0253. The van der Waals surface area contributed by atoms with Gasteiger partial charge in [0.2, 0.25) is 9.84 Å². The second-order valence-corrected chi connectivity index (χ2v) is 7.75. The van der Waals surface area contributed by atoms with Crippen LogP contribution in [0.5, 0.6) is 0 Å². The van der Waals surface area contributed by atoms with Crippen molar-refractivity contribution in [2.45, 2.75) is 25.7 Å². The monoisotopic (exact) mass is 394 g/mol. The number of esters is 1. The fraction of sp³-hybridized carbons (Fsp3) is 0.222. The minimum atomic E-state index is -4.15. The van der Waals surface area contributed by atoms with Gasteiger partial charge in [0.15, 0.2) is 0 Å². The minimum Gasteiger partial charge on any atom is -0.461 e. The lowest BCUT2D eigenvalue weighted by molar-refractivity contribution is -0.134. The highest BCUT2D eigenvalue weighted by Gasteiger charge is 2.31. The van der Waals surface area contributed by atoms with Crippen molar-refractivity contribution in [3.8, 4) is 0 Å². The number of sulfone groups is 1. The molecule has 0 aliphatic carbocycles. The van der Waals surface area contributed by atoms with Crippen LogP contribution in [0.25, 0.3) is 0 Å². The second-order valence-electron chi connectivity index (χ2n) is 5.48. The highest BCUT2D eigenvalue weighted by molar-refractivity contribution is 8.08. The molecule has 0 atom stereocenters. The summed E-state index contributed by atoms with van der Waals surface area (Å²) in [5.74, 6) is -1.03. The number of ether oxygens (including phenoxy) is 1. The number of rotatable bonds is 4. The number of hydrogen-bond acceptors (Lipinski definition) is 6. The first-order chi connectivity index (χ1) is 12.3. The fourth-order valence-electron chi connectivity index (χ4n) is 2.08. The Morgan fingerprint density at radius 1 is 1.15 bits per heavy atom. The quantitative estimate of drug-likeness (QED) is 0.369. The van der Waals surface area contributed by atoms with Gasteiger partial charge in [0.05, 0.1) is 17.2 Å². The van der Waals surface area contributed by atoms with Crippen LogP contribution in [0.4, 0.5) is 5.69 Å². The van der Waals surface area contributed by atoms with Crippen LogP contribution in [0.15, 0.2) is 52.5 Å². The van der Waals surface area contributed by atoms with Crippen LogP contribution >= 0.6 is 11.6 Å². The van der Waals surface area contributed by atoms with Crippen molar-refractivity contribution in [2.24, 2.45) is 5.10 Å². The number of benzene rings is 2. The van der Waals surface area contributed by atoms with Crippen molar-refractivity contribution in [2.75, 3.05) is 12.0 Å². The molecule has 1 N–H and O–H groups in total. The molecule has 0 heterocycles. The fourth-order valence-corrected chi connectivity index (χ4v) is 3.41. The number of carbonyl (C=O) groups is 1. The van der Waals surface area contributed by atoms with Crippen molar-refractivity contribution in [3.63, 3.8) is 0 Å². The van der Waals surface area contributed by atoms with Crippen LogP contribution in [0.3, 0.4) is 0 Å². The Kier molecular flexibility index (Phi) is 6.39. The average molecular weight is 395 g/mol. The Hall–Kier alpha value is -2.38. The van der Waals surface area contributed by atoms with E-state index in [1.54, 1.807) is 44.2 Å². The Labute approximate surface area is 157 Å². The number of halogens is 1. The molecule has 2 aromatic rings. The van der Waals surface area contributed by atoms with Gasteiger partial charge in [-0.3, -0.25) is 5.43 Å². The number of hydrogen-bond donors (Lipinski definition) is 1. The average Bonchev–Trinajstić information content (AvgIpc) is 2.59. The smallest absolute Gasteiger partial charge is 0.371 e. The zero-order chi connectivity index (χ0) is 19.3. The molecule has 26 heavy (non-hydrogen) atoms. The molecule has 138 valence electrons. The topological polar surface area (TPSA) is 84.8 Å². The molecule has 8 heteroatoms. The maximum atomic E-state index is 12.8. The molecule has 2 rings (SSSR count). The number of nitrogens with zero attached hydrogens (tertiary/aromatic N) is 1. The van der Waals surface area contributed by atoms with Crippen LogP contribution in [-0.2, 0) is 19.4 Å². The van der Waals surface area contributed by atoms with Crippen LogP contribution in [-0.4, -0.2) is 26.0 Å². The number of aryl methyl sites for hydroxylation is 1. The summed E-state index contributed by atoms with van der Waals surface area (Å²) < 4.78 is 30.5. The highest BCUT2D eigenvalue weighted by Crippen LogP contribution is 2.23. The summed E-state index contributed by atoms with van der Waals surface area (Å²) in [6, 6.07) is 11.2. The predicted octanol–water partition coefficient (Wildman–Crippen LogP) is 3.72. The third-order valence-corrected chi connectivity index (χ3v) is 5.65. The van der Waals surface area contributed by atoms with E-state index in [0.29, 0.717) is 16.3 Å². The van der Waals surface area contributed by atoms with E-state index in [4.69, 9.17) is 16.3 Å². The second kappa shape index (κ2) is 8.33. The predicted molar refractivity (Wildman–Crippen MR) is 102 cm³/mol. The third kappa shape index (κ3) is 4.42. The van der Waals surface area contributed by atoms with Crippen molar-refractivity contribution in [1.29, 1.82) is 0 Å². The number of anilines is 1. The molecule has 0 aromatic heterocycles. The van der Waals surface area contributed by atoms with E-state index in [0.717, 1.165) is 5.56 Å². The van der Waals surface area contributed by atoms with E-state index < -0.39 is 20.9 Å². The Morgan fingerprint density at radius 2 is 1.81 bits per heavy atom. The summed E-state index contributed by atoms with van der Waals surface area (Å²) in [5, 5.41) is 3.60. The number of nitrogens with one attached hydrogen (secondary N) is 1. The molecule has 0 aliphatic rings. The van der Waals surface area contributed by atoms with Crippen molar-refractivity contribution in [3.05, 3.63) is 58.6 Å². The van der Waals surface area contributed by atoms with E-state index in [9.17, 15) is 13.2 Å².